The van der Waals surface area contributed by atoms with Gasteiger partial charge in [0.15, 0.2) is 0 Å². The molecule has 3 nitrogen and oxygen atoms in total. The quantitative estimate of drug-likeness (QED) is 0.568. The third-order valence-electron chi connectivity index (χ3n) is 2.42. The maximum Gasteiger partial charge on any atom is 1.00 e. The number of carbonyl (C=O) groups is 1. The summed E-state index contributed by atoms with van der Waals surface area (Å²) in [5.41, 5.74) is 1.23. The van der Waals surface area contributed by atoms with Crippen LogP contribution in [-0.4, -0.2) is 12.6 Å². The van der Waals surface area contributed by atoms with Gasteiger partial charge in [-0.15, -0.1) is 0 Å². The smallest absolute Gasteiger partial charge is 0.546 e. The number of carboxylic acids is 1. The van der Waals surface area contributed by atoms with Gasteiger partial charge in [-0.05, 0) is 30.0 Å². The maximum atomic E-state index is 10.2. The molecule has 0 fully saturated rings. The van der Waals surface area contributed by atoms with Gasteiger partial charge in [-0.3, -0.25) is 0 Å². The van der Waals surface area contributed by atoms with Crippen molar-refractivity contribution < 1.29 is 44.2 Å². The largest absolute Gasteiger partial charge is 1.00 e. The van der Waals surface area contributed by atoms with Crippen LogP contribution in [-0.2, 0) is 4.79 Å². The Kier molecular flexibility index (Phi) is 7.47. The van der Waals surface area contributed by atoms with E-state index in [4.69, 9.17) is 4.74 Å². The molecule has 1 atom stereocenters. The van der Waals surface area contributed by atoms with Crippen molar-refractivity contribution in [3.63, 3.8) is 0 Å². The average molecular weight is 230 g/mol. The molecule has 0 bridgehead atoms. The summed E-state index contributed by atoms with van der Waals surface area (Å²) in [6.45, 7) is 3.88. The Labute approximate surface area is 118 Å². The normalized spacial score (nSPS) is 11.4. The predicted molar refractivity (Wildman–Crippen MR) is 55.7 cm³/mol. The minimum Gasteiger partial charge on any atom is -0.546 e. The van der Waals surface area contributed by atoms with Gasteiger partial charge in [0.1, 0.15) is 12.4 Å². The molecule has 0 radical (unpaired) electrons. The van der Waals surface area contributed by atoms with Crippen molar-refractivity contribution in [3.8, 4) is 5.75 Å². The van der Waals surface area contributed by atoms with Gasteiger partial charge in [0.2, 0.25) is 0 Å². The van der Waals surface area contributed by atoms with Crippen LogP contribution >= 0.6 is 0 Å². The predicted octanol–water partition coefficient (Wildman–Crippen LogP) is -1.67. The second kappa shape index (κ2) is 7.71. The average Bonchev–Trinajstić information content (AvgIpc) is 2.26. The number of benzene rings is 1. The van der Waals surface area contributed by atoms with E-state index < -0.39 is 12.6 Å². The first-order valence-corrected chi connectivity index (χ1v) is 5.06. The molecule has 0 N–H and O–H groups in total. The standard InChI is InChI=1S/C12H16O3.Na/c1-3-9(2)10-4-6-11(7-5-10)15-8-12(13)14;/h4-7,9H,3,8H2,1-2H3,(H,13,14);/q;+1/p-1. The van der Waals surface area contributed by atoms with Crippen molar-refractivity contribution in [3.05, 3.63) is 29.8 Å². The first-order chi connectivity index (χ1) is 7.13. The Hall–Kier alpha value is -0.510. The van der Waals surface area contributed by atoms with E-state index in [1.165, 1.54) is 5.56 Å². The molecule has 0 heterocycles. The summed E-state index contributed by atoms with van der Waals surface area (Å²) < 4.78 is 4.97. The zero-order chi connectivity index (χ0) is 11.3. The van der Waals surface area contributed by atoms with Gasteiger partial charge in [-0.2, -0.15) is 0 Å². The fraction of sp³-hybridized carbons (Fsp3) is 0.417. The fourth-order valence-electron chi connectivity index (χ4n) is 1.27. The number of aliphatic carboxylic acids is 1. The van der Waals surface area contributed by atoms with E-state index in [1.807, 2.05) is 12.1 Å². The zero-order valence-corrected chi connectivity index (χ0v) is 12.0. The van der Waals surface area contributed by atoms with Gasteiger partial charge in [0.05, 0.1) is 5.97 Å². The summed E-state index contributed by atoms with van der Waals surface area (Å²) in [6, 6.07) is 7.48. The van der Waals surface area contributed by atoms with Crippen LogP contribution in [0.4, 0.5) is 0 Å². The minimum absolute atomic E-state index is 0. The second-order valence-electron chi connectivity index (χ2n) is 3.54. The molecule has 0 aromatic heterocycles. The molecule has 0 spiro atoms. The third kappa shape index (κ3) is 5.01. The van der Waals surface area contributed by atoms with Crippen LogP contribution in [0.2, 0.25) is 0 Å². The molecule has 0 amide bonds. The molecule has 0 aliphatic heterocycles. The van der Waals surface area contributed by atoms with E-state index in [0.717, 1.165) is 6.42 Å². The van der Waals surface area contributed by atoms with Crippen molar-refractivity contribution in [2.75, 3.05) is 6.61 Å². The number of rotatable bonds is 5. The van der Waals surface area contributed by atoms with Gasteiger partial charge in [0.25, 0.3) is 0 Å². The molecule has 1 aromatic carbocycles. The van der Waals surface area contributed by atoms with Crippen molar-refractivity contribution in [1.29, 1.82) is 0 Å². The van der Waals surface area contributed by atoms with Crippen molar-refractivity contribution in [2.24, 2.45) is 0 Å². The maximum absolute atomic E-state index is 10.2. The van der Waals surface area contributed by atoms with Crippen LogP contribution in [0, 0.1) is 0 Å². The molecule has 82 valence electrons. The first kappa shape index (κ1) is 15.5. The molecule has 1 rings (SSSR count). The van der Waals surface area contributed by atoms with Crippen LogP contribution in [0.15, 0.2) is 24.3 Å². The molecular weight excluding hydrogens is 215 g/mol. The molecule has 16 heavy (non-hydrogen) atoms. The Balaban J connectivity index is 0.00000225. The molecule has 0 aliphatic rings. The minimum atomic E-state index is -1.21. The molecule has 1 aromatic rings. The van der Waals surface area contributed by atoms with Gasteiger partial charge in [0, 0.05) is 0 Å². The summed E-state index contributed by atoms with van der Waals surface area (Å²) in [5.74, 6) is -0.132. The summed E-state index contributed by atoms with van der Waals surface area (Å²) in [4.78, 5) is 10.2. The Morgan fingerprint density at radius 1 is 1.38 bits per heavy atom. The van der Waals surface area contributed by atoms with E-state index in [9.17, 15) is 9.90 Å². The molecule has 1 unspecified atom stereocenters. The van der Waals surface area contributed by atoms with Crippen molar-refractivity contribution >= 4 is 5.97 Å². The van der Waals surface area contributed by atoms with E-state index in [1.54, 1.807) is 12.1 Å². The number of ether oxygens (including phenoxy) is 1. The van der Waals surface area contributed by atoms with Gasteiger partial charge < -0.3 is 14.6 Å². The monoisotopic (exact) mass is 230 g/mol. The summed E-state index contributed by atoms with van der Waals surface area (Å²) >= 11 is 0. The third-order valence-corrected chi connectivity index (χ3v) is 2.42. The second-order valence-corrected chi connectivity index (χ2v) is 3.54. The van der Waals surface area contributed by atoms with Crippen LogP contribution in [0.5, 0.6) is 5.75 Å². The van der Waals surface area contributed by atoms with E-state index in [2.05, 4.69) is 13.8 Å². The molecule has 0 saturated heterocycles. The van der Waals surface area contributed by atoms with Crippen molar-refractivity contribution in [1.82, 2.24) is 0 Å². The van der Waals surface area contributed by atoms with Gasteiger partial charge in [-0.1, -0.05) is 26.0 Å². The first-order valence-electron chi connectivity index (χ1n) is 5.06. The summed E-state index contributed by atoms with van der Waals surface area (Å²) in [6.07, 6.45) is 1.08. The Morgan fingerprint density at radius 3 is 2.38 bits per heavy atom. The van der Waals surface area contributed by atoms with E-state index >= 15 is 0 Å². The van der Waals surface area contributed by atoms with Crippen LogP contribution in [0.25, 0.3) is 0 Å². The Morgan fingerprint density at radius 2 is 1.94 bits per heavy atom. The summed E-state index contributed by atoms with van der Waals surface area (Å²) in [5, 5.41) is 10.2. The summed E-state index contributed by atoms with van der Waals surface area (Å²) in [7, 11) is 0. The number of carboxylic acid groups (broad SMARTS) is 1. The number of carbonyl (C=O) groups excluding carboxylic acids is 1. The van der Waals surface area contributed by atoms with E-state index in [-0.39, 0.29) is 29.6 Å². The number of hydrogen-bond donors (Lipinski definition) is 0. The fourth-order valence-corrected chi connectivity index (χ4v) is 1.27. The van der Waals surface area contributed by atoms with Gasteiger partial charge >= 0.3 is 29.6 Å². The zero-order valence-electron chi connectivity index (χ0n) is 10.0. The van der Waals surface area contributed by atoms with E-state index in [0.29, 0.717) is 11.7 Å². The molecule has 0 saturated carbocycles. The van der Waals surface area contributed by atoms with Crippen LogP contribution in [0.1, 0.15) is 31.7 Å². The van der Waals surface area contributed by atoms with Crippen LogP contribution in [0.3, 0.4) is 0 Å². The molecule has 0 aliphatic carbocycles. The number of hydrogen-bond acceptors (Lipinski definition) is 3. The Bertz CT molecular complexity index is 322. The molecular formula is C12H15NaO3. The van der Waals surface area contributed by atoms with Gasteiger partial charge in [-0.25, -0.2) is 0 Å². The van der Waals surface area contributed by atoms with Crippen molar-refractivity contribution in [2.45, 2.75) is 26.2 Å². The van der Waals surface area contributed by atoms with Crippen LogP contribution < -0.4 is 39.4 Å². The topological polar surface area (TPSA) is 49.4 Å². The SMILES string of the molecule is CCC(C)c1ccc(OCC(=O)[O-])cc1.[Na+]. The molecule has 4 heteroatoms.